The number of rotatable bonds is 7. The fourth-order valence-electron chi connectivity index (χ4n) is 3.71. The van der Waals surface area contributed by atoms with Gasteiger partial charge >= 0.3 is 11.1 Å². The molecule has 1 amide bonds. The van der Waals surface area contributed by atoms with Crippen LogP contribution in [0.3, 0.4) is 0 Å². The first-order chi connectivity index (χ1) is 16.0. The van der Waals surface area contributed by atoms with E-state index < -0.39 is 17.0 Å². The van der Waals surface area contributed by atoms with Crippen molar-refractivity contribution in [1.82, 2.24) is 14.5 Å². The second kappa shape index (κ2) is 9.75. The van der Waals surface area contributed by atoms with Gasteiger partial charge < -0.3 is 10.1 Å². The van der Waals surface area contributed by atoms with Gasteiger partial charge in [0, 0.05) is 17.1 Å². The summed E-state index contributed by atoms with van der Waals surface area (Å²) in [4.78, 5) is 38.7. The molecule has 0 unspecified atom stereocenters. The van der Waals surface area contributed by atoms with Crippen LogP contribution in [-0.2, 0) is 24.4 Å². The Morgan fingerprint density at radius 1 is 0.909 bits per heavy atom. The molecule has 7 nitrogen and oxygen atoms in total. The second-order valence-electron chi connectivity index (χ2n) is 7.49. The Kier molecular flexibility index (Phi) is 6.60. The summed E-state index contributed by atoms with van der Waals surface area (Å²) in [6, 6.07) is 21.6. The monoisotopic (exact) mass is 463 g/mol. The molecule has 0 aliphatic rings. The van der Waals surface area contributed by atoms with E-state index >= 15 is 0 Å². The molecule has 3 aromatic carbocycles. The van der Waals surface area contributed by atoms with E-state index in [0.29, 0.717) is 21.8 Å². The number of carbonyl (C=O) groups excluding carboxylic acids is 1. The molecule has 33 heavy (non-hydrogen) atoms. The van der Waals surface area contributed by atoms with E-state index in [2.05, 4.69) is 5.32 Å². The number of methoxy groups -OCH3 is 1. The molecule has 0 spiro atoms. The molecule has 168 valence electrons. The van der Waals surface area contributed by atoms with Crippen LogP contribution in [0.15, 0.2) is 82.4 Å². The Labute approximate surface area is 194 Å². The number of hydrogen-bond donors (Lipinski definition) is 1. The molecule has 0 saturated heterocycles. The van der Waals surface area contributed by atoms with Crippen molar-refractivity contribution in [2.75, 3.05) is 7.11 Å². The van der Waals surface area contributed by atoms with Gasteiger partial charge in [0.05, 0.1) is 24.7 Å². The van der Waals surface area contributed by atoms with Gasteiger partial charge in [-0.2, -0.15) is 0 Å². The lowest BCUT2D eigenvalue weighted by atomic mass is 10.2. The normalized spacial score (nSPS) is 10.8. The molecule has 4 aromatic rings. The fraction of sp³-hybridized carbons (Fsp3) is 0.160. The molecule has 1 heterocycles. The van der Waals surface area contributed by atoms with Crippen LogP contribution in [0.2, 0.25) is 5.02 Å². The highest BCUT2D eigenvalue weighted by Crippen LogP contribution is 2.19. The van der Waals surface area contributed by atoms with Crippen molar-refractivity contribution in [2.24, 2.45) is 0 Å². The lowest BCUT2D eigenvalue weighted by molar-refractivity contribution is -0.121. The molecule has 0 fully saturated rings. The molecule has 0 aliphatic carbocycles. The van der Waals surface area contributed by atoms with Crippen molar-refractivity contribution in [3.05, 3.63) is 110 Å². The van der Waals surface area contributed by atoms with Gasteiger partial charge in [0.1, 0.15) is 12.3 Å². The summed E-state index contributed by atoms with van der Waals surface area (Å²) in [5, 5.41) is 3.18. The second-order valence-corrected chi connectivity index (χ2v) is 7.93. The first kappa shape index (κ1) is 22.4. The summed E-state index contributed by atoms with van der Waals surface area (Å²) in [5.41, 5.74) is 1.12. The van der Waals surface area contributed by atoms with E-state index in [1.54, 1.807) is 31.4 Å². The van der Waals surface area contributed by atoms with Gasteiger partial charge in [0.2, 0.25) is 5.91 Å². The Balaban J connectivity index is 1.68. The maximum atomic E-state index is 13.0. The molecule has 4 rings (SSSR count). The first-order valence-corrected chi connectivity index (χ1v) is 10.7. The van der Waals surface area contributed by atoms with Crippen LogP contribution in [0, 0.1) is 0 Å². The number of aromatic nitrogens is 2. The molecule has 8 heteroatoms. The van der Waals surface area contributed by atoms with Crippen LogP contribution in [-0.4, -0.2) is 22.2 Å². The number of fused-ring (bicyclic) bond motifs is 1. The van der Waals surface area contributed by atoms with Crippen LogP contribution in [0.25, 0.3) is 11.0 Å². The quantitative estimate of drug-likeness (QED) is 0.427. The van der Waals surface area contributed by atoms with Gasteiger partial charge in [-0.25, -0.2) is 0 Å². The number of amides is 1. The maximum absolute atomic E-state index is 13.0. The zero-order valence-electron chi connectivity index (χ0n) is 18.0. The maximum Gasteiger partial charge on any atom is 0.317 e. The average Bonchev–Trinajstić information content (AvgIpc) is 2.84. The van der Waals surface area contributed by atoms with Crippen LogP contribution in [0.4, 0.5) is 0 Å². The Bertz CT molecular complexity index is 1430. The van der Waals surface area contributed by atoms with Crippen molar-refractivity contribution in [3.8, 4) is 5.75 Å². The predicted molar refractivity (Wildman–Crippen MR) is 128 cm³/mol. The van der Waals surface area contributed by atoms with Crippen molar-refractivity contribution < 1.29 is 9.53 Å². The molecule has 0 aliphatic heterocycles. The minimum Gasteiger partial charge on any atom is -0.496 e. The van der Waals surface area contributed by atoms with Crippen LogP contribution in [0.1, 0.15) is 11.1 Å². The number of halogens is 1. The summed E-state index contributed by atoms with van der Waals surface area (Å²) in [7, 11) is 1.56. The van der Waals surface area contributed by atoms with E-state index in [1.165, 1.54) is 9.13 Å². The predicted octanol–water partition coefficient (Wildman–Crippen LogP) is 3.19. The standard InChI is InChI=1S/C25H22ClN3O4/c1-33-22-10-6-5-9-18(22)14-27-23(30)16-29-21-13-19(26)11-12-20(21)28(24(31)25(29)32)15-17-7-3-2-4-8-17/h2-13H,14-16H2,1H3,(H,27,30). The highest BCUT2D eigenvalue weighted by molar-refractivity contribution is 6.31. The molecule has 1 aromatic heterocycles. The third-order valence-electron chi connectivity index (χ3n) is 5.35. The van der Waals surface area contributed by atoms with E-state index in [4.69, 9.17) is 16.3 Å². The van der Waals surface area contributed by atoms with Crippen LogP contribution < -0.4 is 21.2 Å². The summed E-state index contributed by atoms with van der Waals surface area (Å²) in [6.07, 6.45) is 0. The van der Waals surface area contributed by atoms with E-state index in [0.717, 1.165) is 11.1 Å². The average molecular weight is 464 g/mol. The van der Waals surface area contributed by atoms with Gasteiger partial charge in [-0.15, -0.1) is 0 Å². The lowest BCUT2D eigenvalue weighted by Crippen LogP contribution is -2.44. The molecular weight excluding hydrogens is 442 g/mol. The van der Waals surface area contributed by atoms with Gasteiger partial charge in [0.25, 0.3) is 0 Å². The van der Waals surface area contributed by atoms with Crippen molar-refractivity contribution in [3.63, 3.8) is 0 Å². The van der Waals surface area contributed by atoms with E-state index in [1.807, 2.05) is 48.5 Å². The molecule has 0 saturated carbocycles. The number of benzene rings is 3. The summed E-state index contributed by atoms with van der Waals surface area (Å²) < 4.78 is 7.88. The third-order valence-corrected chi connectivity index (χ3v) is 5.58. The smallest absolute Gasteiger partial charge is 0.317 e. The Morgan fingerprint density at radius 2 is 1.61 bits per heavy atom. The van der Waals surface area contributed by atoms with Gasteiger partial charge in [-0.3, -0.25) is 23.5 Å². The van der Waals surface area contributed by atoms with Gasteiger partial charge in [-0.1, -0.05) is 60.1 Å². The number of hydrogen-bond acceptors (Lipinski definition) is 4. The van der Waals surface area contributed by atoms with Crippen molar-refractivity contribution in [1.29, 1.82) is 0 Å². The number of carbonyl (C=O) groups is 1. The molecule has 0 bridgehead atoms. The SMILES string of the molecule is COc1ccccc1CNC(=O)Cn1c(=O)c(=O)n(Cc2ccccc2)c2ccc(Cl)cc21. The first-order valence-electron chi connectivity index (χ1n) is 10.3. The highest BCUT2D eigenvalue weighted by Gasteiger charge is 2.16. The Hall–Kier alpha value is -3.84. The largest absolute Gasteiger partial charge is 0.496 e. The molecule has 0 atom stereocenters. The zero-order chi connectivity index (χ0) is 23.4. The summed E-state index contributed by atoms with van der Waals surface area (Å²) in [6.45, 7) is 0.140. The summed E-state index contributed by atoms with van der Waals surface area (Å²) in [5.74, 6) is 0.236. The number of ether oxygens (including phenoxy) is 1. The minimum atomic E-state index is -0.784. The fourth-order valence-corrected chi connectivity index (χ4v) is 3.88. The third kappa shape index (κ3) is 4.83. The van der Waals surface area contributed by atoms with Crippen molar-refractivity contribution >= 4 is 28.5 Å². The minimum absolute atomic E-state index is 0.224. The van der Waals surface area contributed by atoms with Gasteiger partial charge in [0.15, 0.2) is 0 Å². The molecule has 1 N–H and O–H groups in total. The molecule has 0 radical (unpaired) electrons. The topological polar surface area (TPSA) is 82.3 Å². The van der Waals surface area contributed by atoms with Gasteiger partial charge in [-0.05, 0) is 29.8 Å². The summed E-state index contributed by atoms with van der Waals surface area (Å²) >= 11 is 6.19. The number of nitrogens with zero attached hydrogens (tertiary/aromatic N) is 2. The van der Waals surface area contributed by atoms with E-state index in [-0.39, 0.29) is 19.6 Å². The number of nitrogens with one attached hydrogen (secondary N) is 1. The molecular formula is C25H22ClN3O4. The van der Waals surface area contributed by atoms with Crippen LogP contribution in [0.5, 0.6) is 5.75 Å². The zero-order valence-corrected chi connectivity index (χ0v) is 18.7. The van der Waals surface area contributed by atoms with Crippen molar-refractivity contribution in [2.45, 2.75) is 19.6 Å². The van der Waals surface area contributed by atoms with E-state index in [9.17, 15) is 14.4 Å². The highest BCUT2D eigenvalue weighted by atomic mass is 35.5. The number of para-hydroxylation sites is 1. The Morgan fingerprint density at radius 3 is 2.36 bits per heavy atom. The van der Waals surface area contributed by atoms with Crippen LogP contribution >= 0.6 is 11.6 Å². The lowest BCUT2D eigenvalue weighted by Gasteiger charge is -2.16.